The summed E-state index contributed by atoms with van der Waals surface area (Å²) < 4.78 is 0. The number of amides is 1. The summed E-state index contributed by atoms with van der Waals surface area (Å²) in [7, 11) is 1.91. The molecule has 0 saturated carbocycles. The maximum atomic E-state index is 11.4. The number of carbonyl (C=O) groups excluding carboxylic acids is 1. The summed E-state index contributed by atoms with van der Waals surface area (Å²) >= 11 is 7.67. The van der Waals surface area contributed by atoms with Gasteiger partial charge in [0.2, 0.25) is 5.91 Å². The SMILES string of the molecule is CCNC(=O)CSc1ccc(C(C)NC)cc1Cl. The zero-order valence-electron chi connectivity index (χ0n) is 10.9. The maximum absolute atomic E-state index is 11.4. The van der Waals surface area contributed by atoms with Gasteiger partial charge in [0.05, 0.1) is 10.8 Å². The molecule has 0 fully saturated rings. The van der Waals surface area contributed by atoms with E-state index in [1.165, 1.54) is 11.8 Å². The van der Waals surface area contributed by atoms with Crippen molar-refractivity contribution >= 4 is 29.3 Å². The van der Waals surface area contributed by atoms with Gasteiger partial charge in [-0.25, -0.2) is 0 Å². The fraction of sp³-hybridized carbons (Fsp3) is 0.462. The van der Waals surface area contributed by atoms with Gasteiger partial charge in [0.1, 0.15) is 0 Å². The van der Waals surface area contributed by atoms with Crippen LogP contribution in [0.25, 0.3) is 0 Å². The lowest BCUT2D eigenvalue weighted by molar-refractivity contribution is -0.118. The fourth-order valence-corrected chi connectivity index (χ4v) is 2.56. The molecule has 1 unspecified atom stereocenters. The molecule has 0 aliphatic rings. The van der Waals surface area contributed by atoms with Crippen LogP contribution in [0.15, 0.2) is 23.1 Å². The average molecular weight is 287 g/mol. The van der Waals surface area contributed by atoms with Crippen molar-refractivity contribution in [2.24, 2.45) is 0 Å². The molecule has 0 bridgehead atoms. The summed E-state index contributed by atoms with van der Waals surface area (Å²) in [6, 6.07) is 6.22. The molecule has 0 aliphatic carbocycles. The number of hydrogen-bond donors (Lipinski definition) is 2. The summed E-state index contributed by atoms with van der Waals surface area (Å²) in [6.07, 6.45) is 0. The van der Waals surface area contributed by atoms with Gasteiger partial charge >= 0.3 is 0 Å². The van der Waals surface area contributed by atoms with Crippen LogP contribution in [0.5, 0.6) is 0 Å². The highest BCUT2D eigenvalue weighted by Gasteiger charge is 2.08. The van der Waals surface area contributed by atoms with Crippen molar-refractivity contribution in [3.8, 4) is 0 Å². The lowest BCUT2D eigenvalue weighted by atomic mass is 10.1. The molecule has 0 aromatic heterocycles. The van der Waals surface area contributed by atoms with Gasteiger partial charge in [0.15, 0.2) is 0 Å². The van der Waals surface area contributed by atoms with E-state index in [1.54, 1.807) is 0 Å². The molecule has 0 radical (unpaired) electrons. The summed E-state index contributed by atoms with van der Waals surface area (Å²) in [4.78, 5) is 12.3. The Morgan fingerprint density at radius 3 is 2.78 bits per heavy atom. The van der Waals surface area contributed by atoms with Crippen molar-refractivity contribution in [3.05, 3.63) is 28.8 Å². The summed E-state index contributed by atoms with van der Waals surface area (Å²) in [5, 5.41) is 6.62. The second-order valence-electron chi connectivity index (χ2n) is 3.94. The Hall–Kier alpha value is -0.710. The molecule has 0 spiro atoms. The Morgan fingerprint density at radius 2 is 2.22 bits per heavy atom. The van der Waals surface area contributed by atoms with Gasteiger partial charge in [-0.2, -0.15) is 0 Å². The Bertz CT molecular complexity index is 412. The van der Waals surface area contributed by atoms with Crippen LogP contribution in [0.4, 0.5) is 0 Å². The lowest BCUT2D eigenvalue weighted by Gasteiger charge is -2.12. The van der Waals surface area contributed by atoms with Crippen LogP contribution in [0.2, 0.25) is 5.02 Å². The van der Waals surface area contributed by atoms with Crippen molar-refractivity contribution in [3.63, 3.8) is 0 Å². The molecule has 0 saturated heterocycles. The van der Waals surface area contributed by atoms with E-state index < -0.39 is 0 Å². The Labute approximate surface area is 118 Å². The van der Waals surface area contributed by atoms with Crippen molar-refractivity contribution in [1.82, 2.24) is 10.6 Å². The second-order valence-corrected chi connectivity index (χ2v) is 5.37. The third kappa shape index (κ3) is 4.52. The molecule has 1 aromatic rings. The molecule has 1 atom stereocenters. The number of hydrogen-bond acceptors (Lipinski definition) is 3. The van der Waals surface area contributed by atoms with Crippen molar-refractivity contribution in [2.45, 2.75) is 24.8 Å². The topological polar surface area (TPSA) is 41.1 Å². The third-order valence-electron chi connectivity index (χ3n) is 2.62. The van der Waals surface area contributed by atoms with E-state index in [0.29, 0.717) is 17.3 Å². The van der Waals surface area contributed by atoms with Crippen LogP contribution < -0.4 is 10.6 Å². The van der Waals surface area contributed by atoms with Gasteiger partial charge in [0.25, 0.3) is 0 Å². The van der Waals surface area contributed by atoms with E-state index in [-0.39, 0.29) is 11.9 Å². The highest BCUT2D eigenvalue weighted by molar-refractivity contribution is 8.00. The standard InChI is InChI=1S/C13H19ClN2OS/c1-4-16-13(17)8-18-12-6-5-10(7-11(12)14)9(2)15-3/h5-7,9,15H,4,8H2,1-3H3,(H,16,17). The molecule has 3 nitrogen and oxygen atoms in total. The van der Waals surface area contributed by atoms with Gasteiger partial charge in [-0.3, -0.25) is 4.79 Å². The van der Waals surface area contributed by atoms with Crippen LogP contribution in [0, 0.1) is 0 Å². The first kappa shape index (κ1) is 15.3. The van der Waals surface area contributed by atoms with Gasteiger partial charge in [0, 0.05) is 17.5 Å². The summed E-state index contributed by atoms with van der Waals surface area (Å²) in [5.41, 5.74) is 1.14. The van der Waals surface area contributed by atoms with Crippen LogP contribution >= 0.6 is 23.4 Å². The average Bonchev–Trinajstić information content (AvgIpc) is 2.36. The Kier molecular flexibility index (Phi) is 6.54. The first-order valence-corrected chi connectivity index (χ1v) is 7.31. The highest BCUT2D eigenvalue weighted by atomic mass is 35.5. The summed E-state index contributed by atoms with van der Waals surface area (Å²) in [5.74, 6) is 0.431. The first-order valence-electron chi connectivity index (χ1n) is 5.94. The number of benzene rings is 1. The number of halogens is 1. The minimum absolute atomic E-state index is 0.0336. The zero-order chi connectivity index (χ0) is 13.5. The number of thioether (sulfide) groups is 1. The van der Waals surface area contributed by atoms with E-state index in [4.69, 9.17) is 11.6 Å². The lowest BCUT2D eigenvalue weighted by Crippen LogP contribution is -2.24. The quantitative estimate of drug-likeness (QED) is 0.790. The molecule has 1 rings (SSSR count). The van der Waals surface area contributed by atoms with Crippen LogP contribution in [-0.2, 0) is 4.79 Å². The van der Waals surface area contributed by atoms with E-state index in [1.807, 2.05) is 32.2 Å². The largest absolute Gasteiger partial charge is 0.356 e. The molecule has 0 aliphatic heterocycles. The van der Waals surface area contributed by atoms with E-state index in [2.05, 4.69) is 17.6 Å². The molecule has 0 heterocycles. The van der Waals surface area contributed by atoms with Crippen molar-refractivity contribution in [2.75, 3.05) is 19.3 Å². The monoisotopic (exact) mass is 286 g/mol. The van der Waals surface area contributed by atoms with Gasteiger partial charge in [-0.15, -0.1) is 11.8 Å². The van der Waals surface area contributed by atoms with Gasteiger partial charge in [-0.1, -0.05) is 17.7 Å². The number of rotatable bonds is 6. The minimum Gasteiger partial charge on any atom is -0.356 e. The van der Waals surface area contributed by atoms with Crippen LogP contribution in [0.1, 0.15) is 25.5 Å². The molecule has 2 N–H and O–H groups in total. The predicted molar refractivity (Wildman–Crippen MR) is 78.3 cm³/mol. The van der Waals surface area contributed by atoms with Gasteiger partial charge < -0.3 is 10.6 Å². The second kappa shape index (κ2) is 7.67. The minimum atomic E-state index is 0.0336. The molecule has 1 aromatic carbocycles. The third-order valence-corrected chi connectivity index (χ3v) is 4.12. The normalized spacial score (nSPS) is 12.2. The van der Waals surface area contributed by atoms with Crippen molar-refractivity contribution in [1.29, 1.82) is 0 Å². The molecular formula is C13H19ClN2OS. The first-order chi connectivity index (χ1) is 8.58. The van der Waals surface area contributed by atoms with E-state index in [9.17, 15) is 4.79 Å². The van der Waals surface area contributed by atoms with Crippen LogP contribution in [-0.4, -0.2) is 25.3 Å². The molecule has 1 amide bonds. The number of carbonyl (C=O) groups is 1. The highest BCUT2D eigenvalue weighted by Crippen LogP contribution is 2.29. The number of nitrogens with one attached hydrogen (secondary N) is 2. The molecule has 18 heavy (non-hydrogen) atoms. The molecule has 100 valence electrons. The maximum Gasteiger partial charge on any atom is 0.230 e. The van der Waals surface area contributed by atoms with Crippen molar-refractivity contribution < 1.29 is 4.79 Å². The van der Waals surface area contributed by atoms with E-state index >= 15 is 0 Å². The smallest absolute Gasteiger partial charge is 0.230 e. The zero-order valence-corrected chi connectivity index (χ0v) is 12.5. The van der Waals surface area contributed by atoms with Gasteiger partial charge in [-0.05, 0) is 38.6 Å². The van der Waals surface area contributed by atoms with E-state index in [0.717, 1.165) is 10.5 Å². The van der Waals surface area contributed by atoms with Crippen LogP contribution in [0.3, 0.4) is 0 Å². The summed E-state index contributed by atoms with van der Waals surface area (Å²) in [6.45, 7) is 4.64. The Balaban J connectivity index is 2.65. The fourth-order valence-electron chi connectivity index (χ4n) is 1.46. The molecule has 5 heteroatoms. The predicted octanol–water partition coefficient (Wildman–Crippen LogP) is 2.85. The Morgan fingerprint density at radius 1 is 1.50 bits per heavy atom. The molecular weight excluding hydrogens is 268 g/mol.